The normalized spacial score (nSPS) is 12.5. The lowest BCUT2D eigenvalue weighted by molar-refractivity contribution is 0.390. The van der Waals surface area contributed by atoms with Crippen LogP contribution in [-0.2, 0) is 0 Å². The molecule has 17 heavy (non-hydrogen) atoms. The van der Waals surface area contributed by atoms with Gasteiger partial charge in [0.15, 0.2) is 0 Å². The molecule has 0 fully saturated rings. The van der Waals surface area contributed by atoms with Crippen LogP contribution < -0.4 is 15.4 Å². The predicted octanol–water partition coefficient (Wildman–Crippen LogP) is 2.60. The molecule has 0 amide bonds. The van der Waals surface area contributed by atoms with Gasteiger partial charge in [0.2, 0.25) is 0 Å². The lowest BCUT2D eigenvalue weighted by atomic mass is 9.96. The first-order valence-electron chi connectivity index (χ1n) is 6.20. The summed E-state index contributed by atoms with van der Waals surface area (Å²) in [6.07, 6.45) is 0. The Morgan fingerprint density at radius 3 is 2.24 bits per heavy atom. The maximum Gasteiger partial charge on any atom is 0.119 e. The van der Waals surface area contributed by atoms with Gasteiger partial charge in [-0.2, -0.15) is 0 Å². The van der Waals surface area contributed by atoms with Crippen LogP contribution >= 0.6 is 0 Å². The second kappa shape index (κ2) is 7.17. The van der Waals surface area contributed by atoms with Crippen LogP contribution in [0.1, 0.15) is 13.8 Å². The van der Waals surface area contributed by atoms with E-state index >= 15 is 0 Å². The first-order valence-corrected chi connectivity index (χ1v) is 6.20. The van der Waals surface area contributed by atoms with Gasteiger partial charge >= 0.3 is 0 Å². The average Bonchev–Trinajstić information content (AvgIpc) is 2.34. The highest BCUT2D eigenvalue weighted by molar-refractivity contribution is 5.46. The highest BCUT2D eigenvalue weighted by Gasteiger charge is 2.11. The van der Waals surface area contributed by atoms with E-state index in [4.69, 9.17) is 4.74 Å². The largest absolute Gasteiger partial charge is 0.497 e. The van der Waals surface area contributed by atoms with Gasteiger partial charge in [-0.05, 0) is 49.7 Å². The summed E-state index contributed by atoms with van der Waals surface area (Å²) < 4.78 is 5.13. The Hall–Kier alpha value is -1.22. The van der Waals surface area contributed by atoms with Gasteiger partial charge in [-0.1, -0.05) is 13.8 Å². The standard InChI is InChI=1S/C14H24N2O/c1-11(2)12(9-15-3)10-16-13-5-7-14(17-4)8-6-13/h5-8,11-12,15-16H,9-10H2,1-4H3. The molecule has 0 radical (unpaired) electrons. The zero-order valence-electron chi connectivity index (χ0n) is 11.3. The average molecular weight is 236 g/mol. The molecule has 1 rings (SSSR count). The second-order valence-electron chi connectivity index (χ2n) is 4.67. The van der Waals surface area contributed by atoms with E-state index in [0.29, 0.717) is 11.8 Å². The molecule has 0 saturated carbocycles. The maximum atomic E-state index is 5.13. The summed E-state index contributed by atoms with van der Waals surface area (Å²) in [5, 5.41) is 6.71. The number of hydrogen-bond donors (Lipinski definition) is 2. The summed E-state index contributed by atoms with van der Waals surface area (Å²) in [4.78, 5) is 0. The molecule has 0 aliphatic carbocycles. The predicted molar refractivity (Wildman–Crippen MR) is 73.7 cm³/mol. The molecule has 1 unspecified atom stereocenters. The van der Waals surface area contributed by atoms with Gasteiger partial charge in [-0.15, -0.1) is 0 Å². The Morgan fingerprint density at radius 1 is 1.12 bits per heavy atom. The number of benzene rings is 1. The molecule has 0 aliphatic rings. The highest BCUT2D eigenvalue weighted by Crippen LogP contribution is 2.16. The van der Waals surface area contributed by atoms with Crippen LogP contribution in [0, 0.1) is 11.8 Å². The van der Waals surface area contributed by atoms with Crippen molar-refractivity contribution in [3.05, 3.63) is 24.3 Å². The van der Waals surface area contributed by atoms with E-state index in [1.54, 1.807) is 7.11 Å². The van der Waals surface area contributed by atoms with Gasteiger partial charge in [0.05, 0.1) is 7.11 Å². The Kier molecular flexibility index (Phi) is 5.84. The highest BCUT2D eigenvalue weighted by atomic mass is 16.5. The van der Waals surface area contributed by atoms with Crippen molar-refractivity contribution < 1.29 is 4.74 Å². The number of anilines is 1. The van der Waals surface area contributed by atoms with Gasteiger partial charge in [-0.25, -0.2) is 0 Å². The SMILES string of the molecule is CNCC(CNc1ccc(OC)cc1)C(C)C. The van der Waals surface area contributed by atoms with E-state index in [2.05, 4.69) is 36.6 Å². The molecular formula is C14H24N2O. The van der Waals surface area contributed by atoms with Crippen molar-refractivity contribution >= 4 is 5.69 Å². The molecular weight excluding hydrogens is 212 g/mol. The van der Waals surface area contributed by atoms with Crippen molar-refractivity contribution in [1.82, 2.24) is 5.32 Å². The van der Waals surface area contributed by atoms with Crippen LogP contribution in [0.25, 0.3) is 0 Å². The van der Waals surface area contributed by atoms with Gasteiger partial charge < -0.3 is 15.4 Å². The molecule has 1 atom stereocenters. The van der Waals surface area contributed by atoms with Gasteiger partial charge in [-0.3, -0.25) is 0 Å². The van der Waals surface area contributed by atoms with Crippen molar-refractivity contribution in [3.8, 4) is 5.75 Å². The Bertz CT molecular complexity index is 309. The van der Waals surface area contributed by atoms with E-state index in [9.17, 15) is 0 Å². The van der Waals surface area contributed by atoms with E-state index < -0.39 is 0 Å². The molecule has 0 saturated heterocycles. The number of hydrogen-bond acceptors (Lipinski definition) is 3. The zero-order valence-corrected chi connectivity index (χ0v) is 11.3. The van der Waals surface area contributed by atoms with Crippen molar-refractivity contribution in [2.24, 2.45) is 11.8 Å². The molecule has 0 spiro atoms. The monoisotopic (exact) mass is 236 g/mol. The molecule has 0 aliphatic heterocycles. The molecule has 1 aromatic rings. The number of nitrogens with one attached hydrogen (secondary N) is 2. The van der Waals surface area contributed by atoms with Gasteiger partial charge in [0.1, 0.15) is 5.75 Å². The number of methoxy groups -OCH3 is 1. The lowest BCUT2D eigenvalue weighted by Crippen LogP contribution is -2.29. The summed E-state index contributed by atoms with van der Waals surface area (Å²) in [5.74, 6) is 2.21. The van der Waals surface area contributed by atoms with E-state index in [1.807, 2.05) is 19.2 Å². The smallest absolute Gasteiger partial charge is 0.119 e. The topological polar surface area (TPSA) is 33.3 Å². The number of rotatable bonds is 7. The Morgan fingerprint density at radius 2 is 1.76 bits per heavy atom. The summed E-state index contributed by atoms with van der Waals surface area (Å²) >= 11 is 0. The molecule has 0 aromatic heterocycles. The van der Waals surface area contributed by atoms with Crippen molar-refractivity contribution in [3.63, 3.8) is 0 Å². The van der Waals surface area contributed by atoms with E-state index in [-0.39, 0.29) is 0 Å². The van der Waals surface area contributed by atoms with E-state index in [0.717, 1.165) is 24.5 Å². The Balaban J connectivity index is 2.47. The first-order chi connectivity index (χ1) is 8.17. The summed E-state index contributed by atoms with van der Waals surface area (Å²) in [6, 6.07) is 8.06. The zero-order chi connectivity index (χ0) is 12.7. The van der Waals surface area contributed by atoms with Crippen molar-refractivity contribution in [2.75, 3.05) is 32.6 Å². The van der Waals surface area contributed by atoms with Gasteiger partial charge in [0, 0.05) is 12.2 Å². The van der Waals surface area contributed by atoms with Crippen LogP contribution in [0.4, 0.5) is 5.69 Å². The molecule has 96 valence electrons. The van der Waals surface area contributed by atoms with Crippen LogP contribution in [-0.4, -0.2) is 27.2 Å². The first kappa shape index (κ1) is 13.8. The molecule has 3 heteroatoms. The third kappa shape index (κ3) is 4.65. The van der Waals surface area contributed by atoms with Crippen LogP contribution in [0.3, 0.4) is 0 Å². The Labute approximate surface area is 105 Å². The lowest BCUT2D eigenvalue weighted by Gasteiger charge is -2.21. The van der Waals surface area contributed by atoms with Crippen LogP contribution in [0.5, 0.6) is 5.75 Å². The van der Waals surface area contributed by atoms with Crippen LogP contribution in [0.15, 0.2) is 24.3 Å². The summed E-state index contributed by atoms with van der Waals surface area (Å²) in [7, 11) is 3.69. The minimum atomic E-state index is 0.641. The maximum absolute atomic E-state index is 5.13. The van der Waals surface area contributed by atoms with E-state index in [1.165, 1.54) is 0 Å². The van der Waals surface area contributed by atoms with Crippen molar-refractivity contribution in [2.45, 2.75) is 13.8 Å². The fraction of sp³-hybridized carbons (Fsp3) is 0.571. The minimum Gasteiger partial charge on any atom is -0.497 e. The molecule has 2 N–H and O–H groups in total. The molecule has 0 heterocycles. The van der Waals surface area contributed by atoms with Crippen molar-refractivity contribution in [1.29, 1.82) is 0 Å². The molecule has 0 bridgehead atoms. The minimum absolute atomic E-state index is 0.641. The third-order valence-corrected chi connectivity index (χ3v) is 3.07. The fourth-order valence-corrected chi connectivity index (χ4v) is 1.76. The van der Waals surface area contributed by atoms with Crippen LogP contribution in [0.2, 0.25) is 0 Å². The summed E-state index contributed by atoms with van der Waals surface area (Å²) in [5.41, 5.74) is 1.15. The third-order valence-electron chi connectivity index (χ3n) is 3.07. The number of ether oxygens (including phenoxy) is 1. The molecule has 3 nitrogen and oxygen atoms in total. The fourth-order valence-electron chi connectivity index (χ4n) is 1.76. The second-order valence-corrected chi connectivity index (χ2v) is 4.67. The van der Waals surface area contributed by atoms with Gasteiger partial charge in [0.25, 0.3) is 0 Å². The summed E-state index contributed by atoms with van der Waals surface area (Å²) in [6.45, 7) is 6.56. The molecule has 1 aromatic carbocycles. The quantitative estimate of drug-likeness (QED) is 0.763.